The smallest absolute Gasteiger partial charge is 0.144 e. The summed E-state index contributed by atoms with van der Waals surface area (Å²) in [6.07, 6.45) is 4.85. The molecule has 3 nitrogen and oxygen atoms in total. The summed E-state index contributed by atoms with van der Waals surface area (Å²) in [5.74, 6) is 1.72. The van der Waals surface area contributed by atoms with Gasteiger partial charge >= 0.3 is 0 Å². The predicted molar refractivity (Wildman–Crippen MR) is 81.9 cm³/mol. The lowest BCUT2D eigenvalue weighted by Crippen LogP contribution is -2.33. The number of ether oxygens (including phenoxy) is 1. The lowest BCUT2D eigenvalue weighted by Gasteiger charge is -2.34. The molecule has 1 aromatic carbocycles. The quantitative estimate of drug-likeness (QED) is 0.823. The third kappa shape index (κ3) is 3.34. The Bertz CT molecular complexity index is 398. The lowest BCUT2D eigenvalue weighted by molar-refractivity contribution is 0.319. The first-order chi connectivity index (χ1) is 9.26. The van der Waals surface area contributed by atoms with Crippen LogP contribution >= 0.6 is 0 Å². The van der Waals surface area contributed by atoms with Gasteiger partial charge in [-0.05, 0) is 37.3 Å². The number of nitrogens with two attached hydrogens (primary N) is 1. The Balaban J connectivity index is 2.08. The second-order valence-electron chi connectivity index (χ2n) is 5.38. The molecule has 0 bridgehead atoms. The van der Waals surface area contributed by atoms with Gasteiger partial charge in [0.05, 0.1) is 18.0 Å². The minimum Gasteiger partial charge on any atom is -0.491 e. The molecule has 0 aromatic heterocycles. The molecule has 2 N–H and O–H groups in total. The van der Waals surface area contributed by atoms with Gasteiger partial charge in [-0.25, -0.2) is 0 Å². The topological polar surface area (TPSA) is 38.5 Å². The highest BCUT2D eigenvalue weighted by Crippen LogP contribution is 2.34. The van der Waals surface area contributed by atoms with Gasteiger partial charge in [-0.15, -0.1) is 0 Å². The van der Waals surface area contributed by atoms with Crippen molar-refractivity contribution in [2.24, 2.45) is 5.92 Å². The molecule has 1 saturated heterocycles. The molecular weight excluding hydrogens is 236 g/mol. The van der Waals surface area contributed by atoms with Gasteiger partial charge in [0.15, 0.2) is 0 Å². The van der Waals surface area contributed by atoms with Crippen LogP contribution in [0, 0.1) is 5.92 Å². The van der Waals surface area contributed by atoms with Crippen molar-refractivity contribution in [3.63, 3.8) is 0 Å². The number of hydrogen-bond acceptors (Lipinski definition) is 3. The minimum absolute atomic E-state index is 0.728. The van der Waals surface area contributed by atoms with E-state index < -0.39 is 0 Å². The zero-order chi connectivity index (χ0) is 13.7. The zero-order valence-electron chi connectivity index (χ0n) is 12.2. The summed E-state index contributed by atoms with van der Waals surface area (Å²) in [5, 5.41) is 0. The summed E-state index contributed by atoms with van der Waals surface area (Å²) in [6, 6.07) is 6.12. The molecule has 1 heterocycles. The van der Waals surface area contributed by atoms with Gasteiger partial charge in [-0.2, -0.15) is 0 Å². The summed E-state index contributed by atoms with van der Waals surface area (Å²) in [7, 11) is 0. The molecule has 1 aliphatic rings. The van der Waals surface area contributed by atoms with Gasteiger partial charge in [0, 0.05) is 13.1 Å². The van der Waals surface area contributed by atoms with Gasteiger partial charge < -0.3 is 15.4 Å². The Morgan fingerprint density at radius 1 is 1.26 bits per heavy atom. The fourth-order valence-corrected chi connectivity index (χ4v) is 2.73. The first-order valence-corrected chi connectivity index (χ1v) is 7.52. The maximum atomic E-state index is 6.26. The van der Waals surface area contributed by atoms with Crippen molar-refractivity contribution in [1.82, 2.24) is 0 Å². The van der Waals surface area contributed by atoms with Gasteiger partial charge in [-0.1, -0.05) is 26.3 Å². The number of anilines is 2. The minimum atomic E-state index is 0.728. The van der Waals surface area contributed by atoms with E-state index in [4.69, 9.17) is 10.5 Å². The Morgan fingerprint density at radius 3 is 2.63 bits per heavy atom. The second kappa shape index (κ2) is 6.69. The van der Waals surface area contributed by atoms with E-state index in [0.717, 1.165) is 49.2 Å². The summed E-state index contributed by atoms with van der Waals surface area (Å²) in [6.45, 7) is 7.34. The van der Waals surface area contributed by atoms with E-state index in [0.29, 0.717) is 0 Å². The molecule has 1 fully saturated rings. The van der Waals surface area contributed by atoms with Crippen LogP contribution in [-0.4, -0.2) is 19.7 Å². The predicted octanol–water partition coefficient (Wildman–Crippen LogP) is 3.68. The Kier molecular flexibility index (Phi) is 4.94. The van der Waals surface area contributed by atoms with Crippen LogP contribution in [0.5, 0.6) is 5.75 Å². The van der Waals surface area contributed by atoms with E-state index in [1.54, 1.807) is 0 Å². The Morgan fingerprint density at radius 2 is 2.00 bits per heavy atom. The monoisotopic (exact) mass is 262 g/mol. The van der Waals surface area contributed by atoms with Crippen LogP contribution in [0.1, 0.15) is 39.5 Å². The van der Waals surface area contributed by atoms with E-state index in [2.05, 4.69) is 24.8 Å². The summed E-state index contributed by atoms with van der Waals surface area (Å²) in [4.78, 5) is 2.40. The molecule has 1 aliphatic heterocycles. The molecule has 0 aliphatic carbocycles. The molecule has 19 heavy (non-hydrogen) atoms. The molecule has 0 radical (unpaired) electrons. The third-order valence-electron chi connectivity index (χ3n) is 4.04. The molecule has 3 heteroatoms. The van der Waals surface area contributed by atoms with Crippen molar-refractivity contribution >= 4 is 11.4 Å². The van der Waals surface area contributed by atoms with Crippen molar-refractivity contribution in [2.45, 2.75) is 39.5 Å². The standard InChI is InChI=1S/C16H26N2O/c1-3-12-19-15-7-5-6-14(16(15)17)18-10-8-13(4-2)9-11-18/h5-7,13H,3-4,8-12,17H2,1-2H3. The van der Waals surface area contributed by atoms with Crippen LogP contribution < -0.4 is 15.4 Å². The number of benzene rings is 1. The number of hydrogen-bond donors (Lipinski definition) is 1. The molecule has 0 spiro atoms. The second-order valence-corrected chi connectivity index (χ2v) is 5.38. The van der Waals surface area contributed by atoms with Crippen molar-refractivity contribution in [1.29, 1.82) is 0 Å². The average molecular weight is 262 g/mol. The van der Waals surface area contributed by atoms with Crippen molar-refractivity contribution in [3.8, 4) is 5.75 Å². The van der Waals surface area contributed by atoms with Crippen LogP contribution in [0.25, 0.3) is 0 Å². The number of para-hydroxylation sites is 1. The summed E-state index contributed by atoms with van der Waals surface area (Å²) >= 11 is 0. The van der Waals surface area contributed by atoms with Gasteiger partial charge in [0.25, 0.3) is 0 Å². The van der Waals surface area contributed by atoms with Crippen LogP contribution in [0.4, 0.5) is 11.4 Å². The van der Waals surface area contributed by atoms with E-state index in [-0.39, 0.29) is 0 Å². The highest BCUT2D eigenvalue weighted by molar-refractivity contribution is 5.74. The third-order valence-corrected chi connectivity index (χ3v) is 4.04. The Hall–Kier alpha value is -1.38. The van der Waals surface area contributed by atoms with E-state index >= 15 is 0 Å². The normalized spacial score (nSPS) is 16.6. The first-order valence-electron chi connectivity index (χ1n) is 7.52. The molecule has 2 rings (SSSR count). The van der Waals surface area contributed by atoms with Gasteiger partial charge in [-0.3, -0.25) is 0 Å². The largest absolute Gasteiger partial charge is 0.491 e. The molecule has 0 unspecified atom stereocenters. The Labute approximate surface area is 116 Å². The average Bonchev–Trinajstić information content (AvgIpc) is 2.46. The molecular formula is C16H26N2O. The first kappa shape index (κ1) is 14.0. The fraction of sp³-hybridized carbons (Fsp3) is 0.625. The molecule has 0 saturated carbocycles. The van der Waals surface area contributed by atoms with E-state index in [9.17, 15) is 0 Å². The summed E-state index contributed by atoms with van der Waals surface area (Å²) in [5.41, 5.74) is 8.19. The fourth-order valence-electron chi connectivity index (χ4n) is 2.73. The maximum absolute atomic E-state index is 6.26. The highest BCUT2D eigenvalue weighted by Gasteiger charge is 2.20. The number of nitrogen functional groups attached to an aromatic ring is 1. The van der Waals surface area contributed by atoms with Crippen LogP contribution in [0.3, 0.4) is 0 Å². The van der Waals surface area contributed by atoms with Crippen LogP contribution in [0.2, 0.25) is 0 Å². The molecule has 106 valence electrons. The van der Waals surface area contributed by atoms with Crippen LogP contribution in [0.15, 0.2) is 18.2 Å². The highest BCUT2D eigenvalue weighted by atomic mass is 16.5. The van der Waals surface area contributed by atoms with Crippen molar-refractivity contribution in [2.75, 3.05) is 30.3 Å². The zero-order valence-corrected chi connectivity index (χ0v) is 12.2. The van der Waals surface area contributed by atoms with Gasteiger partial charge in [0.1, 0.15) is 5.75 Å². The van der Waals surface area contributed by atoms with Crippen molar-refractivity contribution < 1.29 is 4.74 Å². The SMILES string of the molecule is CCCOc1cccc(N2CCC(CC)CC2)c1N. The lowest BCUT2D eigenvalue weighted by atomic mass is 9.94. The van der Waals surface area contributed by atoms with E-state index in [1.807, 2.05) is 12.1 Å². The van der Waals surface area contributed by atoms with Crippen LogP contribution in [-0.2, 0) is 0 Å². The maximum Gasteiger partial charge on any atom is 0.144 e. The molecule has 0 amide bonds. The molecule has 0 atom stereocenters. The summed E-state index contributed by atoms with van der Waals surface area (Å²) < 4.78 is 5.71. The van der Waals surface area contributed by atoms with Crippen molar-refractivity contribution in [3.05, 3.63) is 18.2 Å². The van der Waals surface area contributed by atoms with E-state index in [1.165, 1.54) is 19.3 Å². The van der Waals surface area contributed by atoms with Gasteiger partial charge in [0.2, 0.25) is 0 Å². The molecule has 1 aromatic rings. The number of rotatable bonds is 5. The number of nitrogens with zero attached hydrogens (tertiary/aromatic N) is 1. The number of piperidine rings is 1.